The molecule has 1 saturated heterocycles. The summed E-state index contributed by atoms with van der Waals surface area (Å²) in [5, 5.41) is 11.0. The van der Waals surface area contributed by atoms with Gasteiger partial charge in [0.1, 0.15) is 17.3 Å². The van der Waals surface area contributed by atoms with Crippen molar-refractivity contribution >= 4 is 11.5 Å². The molecule has 6 nitrogen and oxygen atoms in total. The number of fused-ring (bicyclic) bond motifs is 1. The first-order chi connectivity index (χ1) is 12.9. The third-order valence-electron chi connectivity index (χ3n) is 5.02. The standard InChI is InChI=1S/C18H20F3N5O/c1-3-12-4-5-14(27-12)13-10-11(2)8-9-25(13)16-7-6-15-22-23-17(18(19,20)21)26(15)24-16/h4-7,11,13H,3,8-10H2,1-2H3. The molecule has 2 unspecified atom stereocenters. The second-order valence-electron chi connectivity index (χ2n) is 6.98. The topological polar surface area (TPSA) is 59.5 Å². The van der Waals surface area contributed by atoms with Crippen LogP contribution >= 0.6 is 0 Å². The minimum absolute atomic E-state index is 0.0650. The summed E-state index contributed by atoms with van der Waals surface area (Å²) in [6, 6.07) is 7.04. The van der Waals surface area contributed by atoms with E-state index < -0.39 is 12.0 Å². The van der Waals surface area contributed by atoms with Gasteiger partial charge in [-0.2, -0.15) is 17.7 Å². The summed E-state index contributed by atoms with van der Waals surface area (Å²) in [6.45, 7) is 4.88. The number of rotatable bonds is 3. The molecule has 9 heteroatoms. The van der Waals surface area contributed by atoms with E-state index in [1.165, 1.54) is 6.07 Å². The number of halogens is 3. The number of alkyl halides is 3. The van der Waals surface area contributed by atoms with Crippen LogP contribution in [0.1, 0.15) is 50.1 Å². The first-order valence-corrected chi connectivity index (χ1v) is 9.01. The predicted octanol–water partition coefficient (Wildman–Crippen LogP) is 4.28. The molecule has 3 aromatic rings. The normalized spacial score (nSPS) is 21.1. The zero-order chi connectivity index (χ0) is 19.2. The van der Waals surface area contributed by atoms with Crippen molar-refractivity contribution in [2.75, 3.05) is 11.4 Å². The van der Waals surface area contributed by atoms with Crippen LogP contribution in [0.2, 0.25) is 0 Å². The van der Waals surface area contributed by atoms with Gasteiger partial charge in [0.15, 0.2) is 5.65 Å². The predicted molar refractivity (Wildman–Crippen MR) is 92.4 cm³/mol. The third-order valence-corrected chi connectivity index (χ3v) is 5.02. The van der Waals surface area contributed by atoms with Gasteiger partial charge in [0.2, 0.25) is 0 Å². The van der Waals surface area contributed by atoms with Crippen molar-refractivity contribution < 1.29 is 17.6 Å². The number of hydrogen-bond acceptors (Lipinski definition) is 5. The van der Waals surface area contributed by atoms with Crippen molar-refractivity contribution in [2.45, 2.75) is 45.3 Å². The SMILES string of the molecule is CCc1ccc(C2CC(C)CCN2c2ccc3nnc(C(F)(F)F)n3n2)o1. The fourth-order valence-corrected chi connectivity index (χ4v) is 3.56. The van der Waals surface area contributed by atoms with Gasteiger partial charge in [0, 0.05) is 13.0 Å². The summed E-state index contributed by atoms with van der Waals surface area (Å²) in [4.78, 5) is 2.01. The maximum Gasteiger partial charge on any atom is 0.453 e. The molecule has 1 aliphatic heterocycles. The summed E-state index contributed by atoms with van der Waals surface area (Å²) in [5.74, 6) is 1.54. The van der Waals surface area contributed by atoms with Crippen LogP contribution in [-0.2, 0) is 12.6 Å². The Morgan fingerprint density at radius 1 is 1.19 bits per heavy atom. The molecule has 0 radical (unpaired) electrons. The molecule has 2 atom stereocenters. The number of hydrogen-bond donors (Lipinski definition) is 0. The van der Waals surface area contributed by atoms with Gasteiger partial charge >= 0.3 is 6.18 Å². The number of furan rings is 1. The van der Waals surface area contributed by atoms with Gasteiger partial charge < -0.3 is 9.32 Å². The maximum absolute atomic E-state index is 13.2. The van der Waals surface area contributed by atoms with E-state index >= 15 is 0 Å². The number of anilines is 1. The highest BCUT2D eigenvalue weighted by atomic mass is 19.4. The fourth-order valence-electron chi connectivity index (χ4n) is 3.56. The zero-order valence-electron chi connectivity index (χ0n) is 15.1. The van der Waals surface area contributed by atoms with E-state index in [4.69, 9.17) is 4.42 Å². The van der Waals surface area contributed by atoms with Crippen LogP contribution in [0.25, 0.3) is 5.65 Å². The Bertz CT molecular complexity index is 948. The number of aryl methyl sites for hydroxylation is 1. The quantitative estimate of drug-likeness (QED) is 0.680. The molecule has 3 aromatic heterocycles. The molecular weight excluding hydrogens is 359 g/mol. The summed E-state index contributed by atoms with van der Waals surface area (Å²) in [6.07, 6.45) is -2.03. The summed E-state index contributed by atoms with van der Waals surface area (Å²) >= 11 is 0. The first kappa shape index (κ1) is 17.8. The van der Waals surface area contributed by atoms with E-state index in [-0.39, 0.29) is 11.7 Å². The highest BCUT2D eigenvalue weighted by molar-refractivity contribution is 5.47. The monoisotopic (exact) mass is 379 g/mol. The van der Waals surface area contributed by atoms with Gasteiger partial charge in [0.25, 0.3) is 5.82 Å². The lowest BCUT2D eigenvalue weighted by Crippen LogP contribution is -2.37. The molecule has 0 aromatic carbocycles. The third kappa shape index (κ3) is 3.26. The van der Waals surface area contributed by atoms with E-state index in [0.717, 1.165) is 35.3 Å². The highest BCUT2D eigenvalue weighted by Crippen LogP contribution is 2.38. The summed E-state index contributed by atoms with van der Waals surface area (Å²) in [7, 11) is 0. The molecule has 0 amide bonds. The molecule has 1 aliphatic rings. The van der Waals surface area contributed by atoms with Crippen molar-refractivity contribution in [3.05, 3.63) is 41.6 Å². The number of piperidine rings is 1. The van der Waals surface area contributed by atoms with E-state index in [2.05, 4.69) is 22.2 Å². The molecule has 0 N–H and O–H groups in total. The second-order valence-corrected chi connectivity index (χ2v) is 6.98. The molecular formula is C18H20F3N5O. The minimum Gasteiger partial charge on any atom is -0.464 e. The molecule has 0 aliphatic carbocycles. The molecule has 1 fully saturated rings. The van der Waals surface area contributed by atoms with Crippen LogP contribution < -0.4 is 4.90 Å². The molecule has 0 bridgehead atoms. The number of aromatic nitrogens is 4. The maximum atomic E-state index is 13.2. The van der Waals surface area contributed by atoms with E-state index in [0.29, 0.717) is 18.3 Å². The van der Waals surface area contributed by atoms with Crippen molar-refractivity contribution in [3.8, 4) is 0 Å². The Hall–Kier alpha value is -2.58. The van der Waals surface area contributed by atoms with Crippen LogP contribution in [0, 0.1) is 5.92 Å². The van der Waals surface area contributed by atoms with Gasteiger partial charge in [-0.05, 0) is 43.0 Å². The average Bonchev–Trinajstić information content (AvgIpc) is 3.27. The Kier molecular flexibility index (Phi) is 4.32. The Morgan fingerprint density at radius 3 is 2.70 bits per heavy atom. The number of nitrogens with zero attached hydrogens (tertiary/aromatic N) is 5. The van der Waals surface area contributed by atoms with Crippen molar-refractivity contribution in [3.63, 3.8) is 0 Å². The van der Waals surface area contributed by atoms with Gasteiger partial charge in [-0.1, -0.05) is 13.8 Å². The van der Waals surface area contributed by atoms with E-state index in [1.807, 2.05) is 24.0 Å². The lowest BCUT2D eigenvalue weighted by Gasteiger charge is -2.38. The zero-order valence-corrected chi connectivity index (χ0v) is 15.1. The fraction of sp³-hybridized carbons (Fsp3) is 0.500. The van der Waals surface area contributed by atoms with Gasteiger partial charge in [0.05, 0.1) is 6.04 Å². The van der Waals surface area contributed by atoms with Crippen molar-refractivity contribution in [2.24, 2.45) is 5.92 Å². The van der Waals surface area contributed by atoms with E-state index in [1.54, 1.807) is 6.07 Å². The van der Waals surface area contributed by atoms with Gasteiger partial charge in [-0.25, -0.2) is 0 Å². The van der Waals surface area contributed by atoms with E-state index in [9.17, 15) is 13.2 Å². The smallest absolute Gasteiger partial charge is 0.453 e. The largest absolute Gasteiger partial charge is 0.464 e. The van der Waals surface area contributed by atoms with Crippen LogP contribution in [0.4, 0.5) is 19.0 Å². The average molecular weight is 379 g/mol. The van der Waals surface area contributed by atoms with Crippen LogP contribution in [0.15, 0.2) is 28.7 Å². The van der Waals surface area contributed by atoms with Crippen LogP contribution in [0.3, 0.4) is 0 Å². The van der Waals surface area contributed by atoms with Gasteiger partial charge in [-0.3, -0.25) is 0 Å². The first-order valence-electron chi connectivity index (χ1n) is 9.01. The Labute approximate surface area is 154 Å². The summed E-state index contributed by atoms with van der Waals surface area (Å²) in [5.41, 5.74) is 0.0688. The Morgan fingerprint density at radius 2 is 2.00 bits per heavy atom. The molecule has 0 saturated carbocycles. The lowest BCUT2D eigenvalue weighted by atomic mass is 9.91. The second kappa shape index (κ2) is 6.54. The molecule has 0 spiro atoms. The summed E-state index contributed by atoms with van der Waals surface area (Å²) < 4.78 is 46.2. The van der Waals surface area contributed by atoms with Crippen molar-refractivity contribution in [1.82, 2.24) is 19.8 Å². The molecule has 144 valence electrons. The van der Waals surface area contributed by atoms with Crippen LogP contribution in [0.5, 0.6) is 0 Å². The molecule has 4 heterocycles. The minimum atomic E-state index is -4.61. The van der Waals surface area contributed by atoms with Crippen LogP contribution in [-0.4, -0.2) is 26.4 Å². The molecule has 27 heavy (non-hydrogen) atoms. The Balaban J connectivity index is 1.75. The van der Waals surface area contributed by atoms with Crippen molar-refractivity contribution in [1.29, 1.82) is 0 Å². The highest BCUT2D eigenvalue weighted by Gasteiger charge is 2.38. The molecule has 4 rings (SSSR count). The van der Waals surface area contributed by atoms with Gasteiger partial charge in [-0.15, -0.1) is 15.3 Å². The lowest BCUT2D eigenvalue weighted by molar-refractivity contribution is -0.146.